The Morgan fingerprint density at radius 1 is 1.19 bits per heavy atom. The van der Waals surface area contributed by atoms with Gasteiger partial charge in [-0.25, -0.2) is 9.97 Å². The van der Waals surface area contributed by atoms with Crippen molar-refractivity contribution in [1.29, 1.82) is 0 Å². The monoisotopic (exact) mass is 305 g/mol. The number of halogens is 1. The van der Waals surface area contributed by atoms with Gasteiger partial charge in [0.05, 0.1) is 0 Å². The number of rotatable bonds is 3. The minimum atomic E-state index is 0.474. The van der Waals surface area contributed by atoms with Gasteiger partial charge >= 0.3 is 0 Å². The molecule has 1 aliphatic rings. The summed E-state index contributed by atoms with van der Waals surface area (Å²) in [6.07, 6.45) is 0.732. The van der Waals surface area contributed by atoms with Crippen LogP contribution in [0.25, 0.3) is 0 Å². The lowest BCUT2D eigenvalue weighted by Gasteiger charge is -2.19. The fourth-order valence-corrected chi connectivity index (χ4v) is 2.26. The number of ether oxygens (including phenoxy) is 2. The van der Waals surface area contributed by atoms with Crippen LogP contribution in [0.15, 0.2) is 18.2 Å². The Balaban J connectivity index is 1.91. The van der Waals surface area contributed by atoms with E-state index in [0.717, 1.165) is 29.2 Å². The minimum absolute atomic E-state index is 0.474. The van der Waals surface area contributed by atoms with Crippen molar-refractivity contribution in [2.24, 2.45) is 0 Å². The van der Waals surface area contributed by atoms with E-state index in [2.05, 4.69) is 15.3 Å². The summed E-state index contributed by atoms with van der Waals surface area (Å²) in [4.78, 5) is 8.71. The molecule has 2 aromatic rings. The zero-order valence-electron chi connectivity index (χ0n) is 11.9. The van der Waals surface area contributed by atoms with Crippen molar-refractivity contribution in [3.05, 3.63) is 34.7 Å². The summed E-state index contributed by atoms with van der Waals surface area (Å²) in [6.45, 7) is 5.03. The van der Waals surface area contributed by atoms with E-state index in [0.29, 0.717) is 30.0 Å². The molecule has 5 nitrogen and oxygen atoms in total. The van der Waals surface area contributed by atoms with Crippen LogP contribution in [0, 0.1) is 6.92 Å². The van der Waals surface area contributed by atoms with Gasteiger partial charge < -0.3 is 14.8 Å². The Hall–Kier alpha value is -2.01. The average Bonchev–Trinajstić information content (AvgIpc) is 2.51. The topological polar surface area (TPSA) is 56.3 Å². The number of benzene rings is 1. The Morgan fingerprint density at radius 2 is 1.95 bits per heavy atom. The van der Waals surface area contributed by atoms with Crippen molar-refractivity contribution in [3.8, 4) is 11.5 Å². The Labute approximate surface area is 128 Å². The van der Waals surface area contributed by atoms with E-state index in [1.54, 1.807) is 0 Å². The Morgan fingerprint density at radius 3 is 2.71 bits per heavy atom. The van der Waals surface area contributed by atoms with Crippen LogP contribution >= 0.6 is 11.6 Å². The van der Waals surface area contributed by atoms with Crippen molar-refractivity contribution >= 4 is 23.1 Å². The third-order valence-corrected chi connectivity index (χ3v) is 3.62. The molecule has 0 amide bonds. The van der Waals surface area contributed by atoms with Gasteiger partial charge in [0.1, 0.15) is 30.0 Å². The summed E-state index contributed by atoms with van der Waals surface area (Å²) in [5.41, 5.74) is 1.70. The van der Waals surface area contributed by atoms with Crippen molar-refractivity contribution in [2.75, 3.05) is 18.5 Å². The fourth-order valence-electron chi connectivity index (χ4n) is 2.07. The Bertz CT molecular complexity index is 676. The highest BCUT2D eigenvalue weighted by Crippen LogP contribution is 2.34. The molecule has 0 radical (unpaired) electrons. The molecule has 1 N–H and O–H groups in total. The van der Waals surface area contributed by atoms with Gasteiger partial charge in [-0.1, -0.05) is 18.5 Å². The standard InChI is InChI=1S/C15H16ClN3O2/c1-3-13-18-14(16)9(2)15(19-13)17-10-4-5-11-12(8-10)21-7-6-20-11/h4-5,8H,3,6-7H2,1-2H3,(H,17,18,19). The molecule has 0 fully saturated rings. The van der Waals surface area contributed by atoms with Crippen LogP contribution in [0.2, 0.25) is 5.15 Å². The molecule has 0 saturated heterocycles. The van der Waals surface area contributed by atoms with E-state index in [9.17, 15) is 0 Å². The van der Waals surface area contributed by atoms with Crippen LogP contribution in [0.4, 0.5) is 11.5 Å². The number of hydrogen-bond acceptors (Lipinski definition) is 5. The minimum Gasteiger partial charge on any atom is -0.486 e. The summed E-state index contributed by atoms with van der Waals surface area (Å²) < 4.78 is 11.1. The highest BCUT2D eigenvalue weighted by Gasteiger charge is 2.13. The number of aryl methyl sites for hydroxylation is 1. The smallest absolute Gasteiger partial charge is 0.163 e. The number of hydrogen-bond donors (Lipinski definition) is 1. The molecule has 0 atom stereocenters. The number of aromatic nitrogens is 2. The third kappa shape index (κ3) is 2.88. The van der Waals surface area contributed by atoms with Gasteiger partial charge in [-0.05, 0) is 19.1 Å². The first-order chi connectivity index (χ1) is 10.2. The summed E-state index contributed by atoms with van der Waals surface area (Å²) in [5, 5.41) is 3.74. The predicted octanol–water partition coefficient (Wildman–Crippen LogP) is 3.52. The molecule has 0 aliphatic carbocycles. The van der Waals surface area contributed by atoms with Crippen LogP contribution in [-0.4, -0.2) is 23.2 Å². The molecule has 0 saturated carbocycles. The molecule has 1 aliphatic heterocycles. The van der Waals surface area contributed by atoms with E-state index in [4.69, 9.17) is 21.1 Å². The van der Waals surface area contributed by atoms with Crippen molar-refractivity contribution < 1.29 is 9.47 Å². The Kier molecular flexibility index (Phi) is 3.84. The van der Waals surface area contributed by atoms with Crippen LogP contribution in [-0.2, 0) is 6.42 Å². The second-order valence-corrected chi connectivity index (χ2v) is 5.10. The summed E-state index contributed by atoms with van der Waals surface area (Å²) in [7, 11) is 0. The lowest BCUT2D eigenvalue weighted by molar-refractivity contribution is 0.171. The average molecular weight is 306 g/mol. The molecular weight excluding hydrogens is 290 g/mol. The maximum atomic E-state index is 6.14. The molecule has 6 heteroatoms. The van der Waals surface area contributed by atoms with Crippen LogP contribution < -0.4 is 14.8 Å². The first kappa shape index (κ1) is 13.9. The number of nitrogens with one attached hydrogen (secondary N) is 1. The summed E-state index contributed by atoms with van der Waals surface area (Å²) in [5.74, 6) is 2.92. The summed E-state index contributed by atoms with van der Waals surface area (Å²) in [6, 6.07) is 5.71. The highest BCUT2D eigenvalue weighted by molar-refractivity contribution is 6.30. The summed E-state index contributed by atoms with van der Waals surface area (Å²) >= 11 is 6.14. The first-order valence-corrected chi connectivity index (χ1v) is 7.25. The van der Waals surface area contributed by atoms with Crippen molar-refractivity contribution in [3.63, 3.8) is 0 Å². The van der Waals surface area contributed by atoms with E-state index >= 15 is 0 Å². The normalized spacial score (nSPS) is 13.1. The zero-order chi connectivity index (χ0) is 14.8. The van der Waals surface area contributed by atoms with Gasteiger partial charge in [0.2, 0.25) is 0 Å². The maximum absolute atomic E-state index is 6.14. The van der Waals surface area contributed by atoms with Gasteiger partial charge in [0.15, 0.2) is 11.5 Å². The van der Waals surface area contributed by atoms with E-state index in [1.807, 2.05) is 32.0 Å². The van der Waals surface area contributed by atoms with E-state index < -0.39 is 0 Å². The molecule has 2 heterocycles. The quantitative estimate of drug-likeness (QED) is 0.879. The van der Waals surface area contributed by atoms with Gasteiger partial charge in [-0.2, -0.15) is 0 Å². The SMILES string of the molecule is CCc1nc(Cl)c(C)c(Nc2ccc3c(c2)OCCO3)n1. The molecule has 0 bridgehead atoms. The number of anilines is 2. The first-order valence-electron chi connectivity index (χ1n) is 6.87. The maximum Gasteiger partial charge on any atom is 0.163 e. The lowest BCUT2D eigenvalue weighted by atomic mass is 10.2. The molecular formula is C15H16ClN3O2. The van der Waals surface area contributed by atoms with E-state index in [1.165, 1.54) is 0 Å². The van der Waals surface area contributed by atoms with E-state index in [-0.39, 0.29) is 0 Å². The van der Waals surface area contributed by atoms with Crippen LogP contribution in [0.3, 0.4) is 0 Å². The van der Waals surface area contributed by atoms with Gasteiger partial charge in [-0.15, -0.1) is 0 Å². The van der Waals surface area contributed by atoms with Gasteiger partial charge in [0, 0.05) is 23.7 Å². The predicted molar refractivity (Wildman–Crippen MR) is 81.9 cm³/mol. The van der Waals surface area contributed by atoms with Crippen LogP contribution in [0.1, 0.15) is 18.3 Å². The molecule has 21 heavy (non-hydrogen) atoms. The van der Waals surface area contributed by atoms with Crippen molar-refractivity contribution in [1.82, 2.24) is 9.97 Å². The second kappa shape index (κ2) is 5.77. The fraction of sp³-hybridized carbons (Fsp3) is 0.333. The molecule has 1 aromatic carbocycles. The number of nitrogens with zero attached hydrogens (tertiary/aromatic N) is 2. The van der Waals surface area contributed by atoms with Gasteiger partial charge in [0.25, 0.3) is 0 Å². The van der Waals surface area contributed by atoms with Crippen LogP contribution in [0.5, 0.6) is 11.5 Å². The molecule has 110 valence electrons. The van der Waals surface area contributed by atoms with Crippen molar-refractivity contribution in [2.45, 2.75) is 20.3 Å². The molecule has 1 aromatic heterocycles. The zero-order valence-corrected chi connectivity index (χ0v) is 12.7. The lowest BCUT2D eigenvalue weighted by Crippen LogP contribution is -2.15. The molecule has 0 unspecified atom stereocenters. The number of fused-ring (bicyclic) bond motifs is 1. The van der Waals surface area contributed by atoms with Gasteiger partial charge in [-0.3, -0.25) is 0 Å². The molecule has 0 spiro atoms. The third-order valence-electron chi connectivity index (χ3n) is 3.25. The second-order valence-electron chi connectivity index (χ2n) is 4.74. The molecule has 3 rings (SSSR count). The largest absolute Gasteiger partial charge is 0.486 e. The highest BCUT2D eigenvalue weighted by atomic mass is 35.5.